The monoisotopic (exact) mass is 139 g/mol. The van der Waals surface area contributed by atoms with E-state index in [1.807, 2.05) is 0 Å². The Balaban J connectivity index is 0. The minimum atomic E-state index is 0. The van der Waals surface area contributed by atoms with Crippen molar-refractivity contribution in [1.29, 1.82) is 0 Å². The Hall–Kier alpha value is 0.720. The molecule has 0 aromatic heterocycles. The van der Waals surface area contributed by atoms with Gasteiger partial charge in [-0.25, -0.2) is 0 Å². The molecule has 0 aliphatic rings. The van der Waals surface area contributed by atoms with Crippen molar-refractivity contribution in [3.8, 4) is 0 Å². The van der Waals surface area contributed by atoms with E-state index in [9.17, 15) is 0 Å². The van der Waals surface area contributed by atoms with E-state index >= 15 is 0 Å². The summed E-state index contributed by atoms with van der Waals surface area (Å²) in [4.78, 5) is 0. The van der Waals surface area contributed by atoms with Crippen LogP contribution in [0.5, 0.6) is 0 Å². The van der Waals surface area contributed by atoms with Crippen LogP contribution >= 0.6 is 0 Å². The first-order chi connectivity index (χ1) is 0. The quantitative estimate of drug-likeness (QED) is 0.426. The Labute approximate surface area is 42.7 Å². The molecule has 0 spiro atoms. The van der Waals surface area contributed by atoms with Crippen molar-refractivity contribution in [2.75, 3.05) is 0 Å². The van der Waals surface area contributed by atoms with Crippen LogP contribution in [0.4, 0.5) is 0 Å². The minimum Gasteiger partial charge on any atom is -0.344 e. The smallest absolute Gasteiger partial charge is 0 e. The van der Waals surface area contributed by atoms with Crippen LogP contribution in [0, 0.1) is 0 Å². The Morgan fingerprint density at radius 3 is 1.00 bits per heavy atom. The minimum absolute atomic E-state index is 0. The van der Waals surface area contributed by atoms with E-state index in [0.29, 0.717) is 0 Å². The number of hydrogen-bond donors (Lipinski definition) is 1. The number of hydrogen-bond acceptors (Lipinski definition) is 1. The van der Waals surface area contributed by atoms with Gasteiger partial charge in [-0.05, 0) is 11.0 Å². The largest absolute Gasteiger partial charge is 0.344 e. The van der Waals surface area contributed by atoms with E-state index in [0.717, 1.165) is 0 Å². The summed E-state index contributed by atoms with van der Waals surface area (Å²) in [6, 6.07) is 0. The fraction of sp³-hybridized carbons (Fsp3) is 1.00. The molecule has 0 unspecified atom stereocenters. The zero-order valence-corrected chi connectivity index (χ0v) is 3.31. The Morgan fingerprint density at radius 1 is 1.00 bits per heavy atom. The fourth-order valence-electron chi connectivity index (χ4n) is 0. The Kier molecular flexibility index (Phi) is 1670. The molecule has 28 valence electrons. The van der Waals surface area contributed by atoms with Crippen LogP contribution in [0.15, 0.2) is 0 Å². The molecule has 0 aliphatic carbocycles. The molecule has 0 atom stereocenters. The molecule has 4 radical (unpaired) electrons. The van der Waals surface area contributed by atoms with E-state index in [4.69, 9.17) is 0 Å². The summed E-state index contributed by atoms with van der Waals surface area (Å²) in [5.74, 6) is 0. The van der Waals surface area contributed by atoms with Crippen LogP contribution in [-0.4, -0.2) is 28.6 Å². The molecule has 0 saturated heterocycles. The van der Waals surface area contributed by atoms with Crippen LogP contribution in [0.25, 0.3) is 0 Å². The molecule has 3 N–H and O–H groups in total. The van der Waals surface area contributed by atoms with Gasteiger partial charge in [0.2, 0.25) is 0 Å². The molecule has 0 bridgehead atoms. The Morgan fingerprint density at radius 2 is 1.00 bits per heavy atom. The van der Waals surface area contributed by atoms with E-state index in [1.165, 1.54) is 0 Å². The summed E-state index contributed by atoms with van der Waals surface area (Å²) in [5.41, 5.74) is 0. The van der Waals surface area contributed by atoms with Gasteiger partial charge < -0.3 is 6.15 Å². The molecule has 4 heavy (non-hydrogen) atoms. The average molecular weight is 138 g/mol. The first kappa shape index (κ1) is 126. The fourth-order valence-corrected chi connectivity index (χ4v) is 0. The third-order valence-corrected chi connectivity index (χ3v) is 0. The van der Waals surface area contributed by atoms with Gasteiger partial charge in [0.25, 0.3) is 0 Å². The number of rotatable bonds is 0. The molecule has 1 nitrogen and oxygen atoms in total. The predicted octanol–water partition coefficient (Wildman–Crippen LogP) is -1.03. The van der Waals surface area contributed by atoms with Crippen molar-refractivity contribution in [2.24, 2.45) is 0 Å². The topological polar surface area (TPSA) is 35.0 Å². The Bertz CT molecular complexity index is 8.00. The maximum atomic E-state index is 0. The molecule has 0 aromatic rings. The van der Waals surface area contributed by atoms with Gasteiger partial charge in [0.15, 0.2) is 0 Å². The molecular weight excluding hydrogens is 127 g/mol. The van der Waals surface area contributed by atoms with Gasteiger partial charge in [0.05, 0.1) is 0 Å². The predicted molar refractivity (Wildman–Crippen MR) is 28.8 cm³/mol. The summed E-state index contributed by atoms with van der Waals surface area (Å²) in [6.07, 6.45) is 0. The molecule has 0 rings (SSSR count). The van der Waals surface area contributed by atoms with Crippen LogP contribution in [0.3, 0.4) is 0 Å². The second-order valence-corrected chi connectivity index (χ2v) is 0. The van der Waals surface area contributed by atoms with Crippen LogP contribution in [0.2, 0.25) is 0 Å². The van der Waals surface area contributed by atoms with Gasteiger partial charge in [-0.2, -0.15) is 0 Å². The van der Waals surface area contributed by atoms with Gasteiger partial charge >= 0.3 is 0 Å². The van der Waals surface area contributed by atoms with Crippen molar-refractivity contribution in [2.45, 2.75) is 7.43 Å². The molecule has 0 fully saturated rings. The third-order valence-electron chi connectivity index (χ3n) is 0. The zero-order valence-electron chi connectivity index (χ0n) is 1.21. The van der Waals surface area contributed by atoms with Gasteiger partial charge in [0, 0.05) is 17.6 Å². The van der Waals surface area contributed by atoms with Crippen LogP contribution in [-0.2, 0) is 0 Å². The van der Waals surface area contributed by atoms with E-state index in [1.54, 1.807) is 0 Å². The van der Waals surface area contributed by atoms with Crippen LogP contribution in [0.1, 0.15) is 7.43 Å². The second-order valence-electron chi connectivity index (χ2n) is 0. The summed E-state index contributed by atoms with van der Waals surface area (Å²) in [7, 11) is 0. The maximum Gasteiger partial charge on any atom is 0 e. The van der Waals surface area contributed by atoms with Crippen molar-refractivity contribution >= 4 is 28.6 Å². The van der Waals surface area contributed by atoms with E-state index in [2.05, 4.69) is 0 Å². The van der Waals surface area contributed by atoms with Crippen molar-refractivity contribution in [3.05, 3.63) is 0 Å². The molecular formula is CH11GeNSi. The molecule has 0 aliphatic heterocycles. The summed E-state index contributed by atoms with van der Waals surface area (Å²) in [5, 5.41) is 0. The molecule has 0 saturated carbocycles. The second kappa shape index (κ2) is 53.1. The molecule has 0 heterocycles. The van der Waals surface area contributed by atoms with Gasteiger partial charge in [-0.3, -0.25) is 0 Å². The van der Waals surface area contributed by atoms with Gasteiger partial charge in [-0.15, -0.1) is 0 Å². The first-order valence-electron chi connectivity index (χ1n) is 0. The third kappa shape index (κ3) is 15.5. The van der Waals surface area contributed by atoms with Gasteiger partial charge in [0.1, 0.15) is 0 Å². The summed E-state index contributed by atoms with van der Waals surface area (Å²) < 4.78 is 0. The van der Waals surface area contributed by atoms with E-state index < -0.39 is 0 Å². The van der Waals surface area contributed by atoms with Crippen molar-refractivity contribution < 1.29 is 0 Å². The molecule has 3 heteroatoms. The standard InChI is InChI=1S/CH4.Ge.H3N.H4Si/h1H4;;1H3;1H4. The average Bonchev–Trinajstić information content (AvgIpc) is 0. The zero-order chi connectivity index (χ0) is 0. The molecule has 0 aromatic carbocycles. The molecule has 0 amide bonds. The van der Waals surface area contributed by atoms with E-state index in [-0.39, 0.29) is 42.1 Å². The normalized spacial score (nSPS) is 0. The summed E-state index contributed by atoms with van der Waals surface area (Å²) >= 11 is 0. The van der Waals surface area contributed by atoms with Crippen LogP contribution < -0.4 is 6.15 Å². The van der Waals surface area contributed by atoms with Crippen molar-refractivity contribution in [3.63, 3.8) is 0 Å². The summed E-state index contributed by atoms with van der Waals surface area (Å²) in [6.45, 7) is 0. The van der Waals surface area contributed by atoms with Crippen molar-refractivity contribution in [1.82, 2.24) is 6.15 Å². The SMILES string of the molecule is C.N.[Ge].[SiH4]. The first-order valence-corrected chi connectivity index (χ1v) is 0. The maximum absolute atomic E-state index is 0. The van der Waals surface area contributed by atoms with Gasteiger partial charge in [-0.1, -0.05) is 7.43 Å².